The van der Waals surface area contributed by atoms with Gasteiger partial charge in [0.1, 0.15) is 0 Å². The Morgan fingerprint density at radius 2 is 1.88 bits per heavy atom. The number of furan rings is 1. The van der Waals surface area contributed by atoms with Gasteiger partial charge in [0, 0.05) is 16.6 Å². The molecule has 1 aromatic heterocycles. The summed E-state index contributed by atoms with van der Waals surface area (Å²) >= 11 is 6.10. The van der Waals surface area contributed by atoms with Crippen LogP contribution in [0.5, 0.6) is 0 Å². The summed E-state index contributed by atoms with van der Waals surface area (Å²) in [4.78, 5) is 24.5. The smallest absolute Gasteiger partial charge is 0.287 e. The molecule has 2 N–H and O–H groups in total. The molecule has 0 aliphatic heterocycles. The normalized spacial score (nSPS) is 10.7. The molecule has 0 radical (unpaired) electrons. The number of aryl methyl sites for hydroxylation is 2. The van der Waals surface area contributed by atoms with Crippen molar-refractivity contribution in [3.05, 3.63) is 64.4 Å². The van der Waals surface area contributed by atoms with E-state index >= 15 is 0 Å². The fourth-order valence-electron chi connectivity index (χ4n) is 2.81. The number of carbonyl (C=O) groups is 2. The van der Waals surface area contributed by atoms with E-state index in [1.54, 1.807) is 19.1 Å². The second kappa shape index (κ2) is 7.62. The second-order valence-electron chi connectivity index (χ2n) is 5.91. The van der Waals surface area contributed by atoms with Crippen LogP contribution in [0.2, 0.25) is 5.02 Å². The molecule has 1 heterocycles. The van der Waals surface area contributed by atoms with Crippen LogP contribution in [0, 0.1) is 6.92 Å². The van der Waals surface area contributed by atoms with Gasteiger partial charge in [0.25, 0.3) is 5.91 Å². The number of carbonyl (C=O) groups excluding carboxylic acids is 2. The van der Waals surface area contributed by atoms with Crippen LogP contribution in [-0.4, -0.2) is 18.4 Å². The highest BCUT2D eigenvalue weighted by atomic mass is 35.5. The molecule has 26 heavy (non-hydrogen) atoms. The van der Waals surface area contributed by atoms with Gasteiger partial charge in [-0.05, 0) is 31.0 Å². The number of rotatable bonds is 5. The van der Waals surface area contributed by atoms with E-state index in [-0.39, 0.29) is 18.2 Å². The molecular weight excluding hydrogens is 352 g/mol. The number of halogens is 1. The van der Waals surface area contributed by atoms with Gasteiger partial charge in [-0.2, -0.15) is 0 Å². The van der Waals surface area contributed by atoms with Crippen LogP contribution in [-0.2, 0) is 11.2 Å². The topological polar surface area (TPSA) is 71.3 Å². The number of amides is 2. The van der Waals surface area contributed by atoms with Gasteiger partial charge < -0.3 is 15.1 Å². The molecule has 0 saturated carbocycles. The molecule has 0 saturated heterocycles. The van der Waals surface area contributed by atoms with Crippen molar-refractivity contribution < 1.29 is 14.0 Å². The minimum atomic E-state index is -0.450. The summed E-state index contributed by atoms with van der Waals surface area (Å²) in [6.07, 6.45) is 0.807. The average molecular weight is 371 g/mol. The van der Waals surface area contributed by atoms with Gasteiger partial charge in [-0.1, -0.05) is 48.9 Å². The summed E-state index contributed by atoms with van der Waals surface area (Å²) in [5, 5.41) is 6.63. The molecule has 0 atom stereocenters. The van der Waals surface area contributed by atoms with Crippen LogP contribution in [0.1, 0.15) is 28.6 Å². The standard InChI is InChI=1S/C20H19ClN2O3/c1-3-13-7-4-5-10-16(13)23-17(24)11-22-20(25)18-12(2)14-8-6-9-15(21)19(14)26-18/h4-10H,3,11H2,1-2H3,(H,22,25)(H,23,24). The van der Waals surface area contributed by atoms with Gasteiger partial charge in [0.05, 0.1) is 11.6 Å². The van der Waals surface area contributed by atoms with Crippen molar-refractivity contribution in [2.45, 2.75) is 20.3 Å². The zero-order valence-corrected chi connectivity index (χ0v) is 15.3. The van der Waals surface area contributed by atoms with Crippen molar-refractivity contribution in [2.24, 2.45) is 0 Å². The Morgan fingerprint density at radius 1 is 1.12 bits per heavy atom. The molecule has 5 nitrogen and oxygen atoms in total. The zero-order valence-electron chi connectivity index (χ0n) is 14.6. The Labute approximate surface area is 156 Å². The van der Waals surface area contributed by atoms with Crippen molar-refractivity contribution in [3.8, 4) is 0 Å². The van der Waals surface area contributed by atoms with Gasteiger partial charge in [0.15, 0.2) is 11.3 Å². The van der Waals surface area contributed by atoms with Gasteiger partial charge in [-0.3, -0.25) is 9.59 Å². The lowest BCUT2D eigenvalue weighted by atomic mass is 10.1. The van der Waals surface area contributed by atoms with Crippen molar-refractivity contribution in [3.63, 3.8) is 0 Å². The third-order valence-corrected chi connectivity index (χ3v) is 4.50. The zero-order chi connectivity index (χ0) is 18.7. The largest absolute Gasteiger partial charge is 0.449 e. The first-order valence-electron chi connectivity index (χ1n) is 8.34. The molecule has 0 fully saturated rings. The Balaban J connectivity index is 1.68. The van der Waals surface area contributed by atoms with Crippen molar-refractivity contribution in [1.82, 2.24) is 5.32 Å². The lowest BCUT2D eigenvalue weighted by Crippen LogP contribution is -2.33. The Bertz CT molecular complexity index is 978. The summed E-state index contributed by atoms with van der Waals surface area (Å²) in [7, 11) is 0. The summed E-state index contributed by atoms with van der Waals surface area (Å²) < 4.78 is 5.60. The Morgan fingerprint density at radius 3 is 2.62 bits per heavy atom. The molecule has 134 valence electrons. The first-order chi connectivity index (χ1) is 12.5. The van der Waals surface area contributed by atoms with Crippen LogP contribution in [0.25, 0.3) is 11.0 Å². The van der Waals surface area contributed by atoms with E-state index in [0.29, 0.717) is 16.2 Å². The van der Waals surface area contributed by atoms with Crippen molar-refractivity contribution >= 4 is 40.1 Å². The quantitative estimate of drug-likeness (QED) is 0.702. The SMILES string of the molecule is CCc1ccccc1NC(=O)CNC(=O)c1oc2c(Cl)cccc2c1C. The number of nitrogens with one attached hydrogen (secondary N) is 2. The molecule has 0 spiro atoms. The van der Waals surface area contributed by atoms with E-state index in [1.807, 2.05) is 37.3 Å². The third kappa shape index (κ3) is 3.58. The number of para-hydroxylation sites is 2. The predicted octanol–water partition coefficient (Wildman–Crippen LogP) is 4.33. The monoisotopic (exact) mass is 370 g/mol. The summed E-state index contributed by atoms with van der Waals surface area (Å²) in [5.41, 5.74) is 2.95. The fourth-order valence-corrected chi connectivity index (χ4v) is 3.02. The maximum atomic E-state index is 12.4. The second-order valence-corrected chi connectivity index (χ2v) is 6.32. The van der Waals surface area contributed by atoms with Crippen LogP contribution in [0.4, 0.5) is 5.69 Å². The first-order valence-corrected chi connectivity index (χ1v) is 8.72. The maximum absolute atomic E-state index is 12.4. The van der Waals surface area contributed by atoms with Crippen molar-refractivity contribution in [2.75, 3.05) is 11.9 Å². The van der Waals surface area contributed by atoms with Crippen LogP contribution in [0.3, 0.4) is 0 Å². The molecule has 2 aromatic carbocycles. The van der Waals surface area contributed by atoms with E-state index in [2.05, 4.69) is 10.6 Å². The van der Waals surface area contributed by atoms with Crippen LogP contribution >= 0.6 is 11.6 Å². The van der Waals surface area contributed by atoms with Crippen molar-refractivity contribution in [1.29, 1.82) is 0 Å². The van der Waals surface area contributed by atoms with E-state index in [1.165, 1.54) is 0 Å². The summed E-state index contributed by atoms with van der Waals surface area (Å²) in [6.45, 7) is 3.65. The highest BCUT2D eigenvalue weighted by Crippen LogP contribution is 2.30. The molecule has 2 amide bonds. The molecule has 3 aromatic rings. The number of benzene rings is 2. The van der Waals surface area contributed by atoms with E-state index < -0.39 is 5.91 Å². The van der Waals surface area contributed by atoms with Gasteiger partial charge >= 0.3 is 0 Å². The number of fused-ring (bicyclic) bond motifs is 1. The molecule has 0 bridgehead atoms. The third-order valence-electron chi connectivity index (χ3n) is 4.20. The van der Waals surface area contributed by atoms with Gasteiger partial charge in [-0.15, -0.1) is 0 Å². The lowest BCUT2D eigenvalue weighted by molar-refractivity contribution is -0.115. The Hall–Kier alpha value is -2.79. The van der Waals surface area contributed by atoms with Crippen LogP contribution < -0.4 is 10.6 Å². The molecule has 3 rings (SSSR count). The highest BCUT2D eigenvalue weighted by molar-refractivity contribution is 6.35. The lowest BCUT2D eigenvalue weighted by Gasteiger charge is -2.10. The number of anilines is 1. The molecule has 0 aliphatic rings. The maximum Gasteiger partial charge on any atom is 0.287 e. The molecule has 0 unspecified atom stereocenters. The Kier molecular flexibility index (Phi) is 5.28. The van der Waals surface area contributed by atoms with Gasteiger partial charge in [-0.25, -0.2) is 0 Å². The molecule has 0 aliphatic carbocycles. The van der Waals surface area contributed by atoms with E-state index in [0.717, 1.165) is 23.1 Å². The van der Waals surface area contributed by atoms with Gasteiger partial charge in [0.2, 0.25) is 5.91 Å². The van der Waals surface area contributed by atoms with E-state index in [9.17, 15) is 9.59 Å². The van der Waals surface area contributed by atoms with Crippen LogP contribution in [0.15, 0.2) is 46.9 Å². The predicted molar refractivity (Wildman–Crippen MR) is 103 cm³/mol. The average Bonchev–Trinajstić information content (AvgIpc) is 2.98. The summed E-state index contributed by atoms with van der Waals surface area (Å²) in [6, 6.07) is 12.9. The minimum Gasteiger partial charge on any atom is -0.449 e. The minimum absolute atomic E-state index is 0.152. The fraction of sp³-hybridized carbons (Fsp3) is 0.200. The summed E-state index contributed by atoms with van der Waals surface area (Å²) in [5.74, 6) is -0.588. The highest BCUT2D eigenvalue weighted by Gasteiger charge is 2.19. The number of hydrogen-bond donors (Lipinski definition) is 2. The first kappa shape index (κ1) is 18.0. The molecule has 6 heteroatoms. The molecular formula is C20H19ClN2O3. The number of hydrogen-bond acceptors (Lipinski definition) is 3. The van der Waals surface area contributed by atoms with E-state index in [4.69, 9.17) is 16.0 Å².